The fourth-order valence-corrected chi connectivity index (χ4v) is 3.66. The molecule has 0 bridgehead atoms. The highest BCUT2D eigenvalue weighted by Gasteiger charge is 2.48. The van der Waals surface area contributed by atoms with E-state index in [1.807, 2.05) is 0 Å². The Labute approximate surface area is 116 Å². The number of aromatic nitrogens is 2. The SMILES string of the molecule is CC1(C)CC1C(N)Cc1ccn(C2CCCCC2)n1. The summed E-state index contributed by atoms with van der Waals surface area (Å²) in [5.41, 5.74) is 7.97. The summed E-state index contributed by atoms with van der Waals surface area (Å²) in [6.45, 7) is 4.64. The van der Waals surface area contributed by atoms with Crippen LogP contribution in [0.4, 0.5) is 0 Å². The van der Waals surface area contributed by atoms with Crippen LogP contribution in [0.2, 0.25) is 0 Å². The molecule has 2 aliphatic carbocycles. The lowest BCUT2D eigenvalue weighted by Crippen LogP contribution is -2.27. The van der Waals surface area contributed by atoms with Gasteiger partial charge in [0.2, 0.25) is 0 Å². The number of nitrogens with zero attached hydrogens (tertiary/aromatic N) is 2. The first-order chi connectivity index (χ1) is 9.06. The molecule has 0 radical (unpaired) electrons. The van der Waals surface area contributed by atoms with Crippen LogP contribution in [0, 0.1) is 11.3 Å². The average Bonchev–Trinajstić information content (AvgIpc) is 2.84. The second kappa shape index (κ2) is 4.93. The first-order valence-corrected chi connectivity index (χ1v) is 7.86. The molecule has 0 saturated heterocycles. The van der Waals surface area contributed by atoms with Gasteiger partial charge in [0.1, 0.15) is 0 Å². The van der Waals surface area contributed by atoms with Gasteiger partial charge in [-0.2, -0.15) is 5.10 Å². The van der Waals surface area contributed by atoms with E-state index in [2.05, 4.69) is 30.8 Å². The molecule has 0 aromatic carbocycles. The van der Waals surface area contributed by atoms with Gasteiger partial charge < -0.3 is 5.73 Å². The largest absolute Gasteiger partial charge is 0.327 e. The van der Waals surface area contributed by atoms with Crippen LogP contribution in [-0.2, 0) is 6.42 Å². The second-order valence-corrected chi connectivity index (χ2v) is 7.25. The minimum atomic E-state index is 0.282. The zero-order valence-electron chi connectivity index (χ0n) is 12.3. The molecule has 0 amide bonds. The van der Waals surface area contributed by atoms with Gasteiger partial charge in [0, 0.05) is 18.7 Å². The van der Waals surface area contributed by atoms with Gasteiger partial charge >= 0.3 is 0 Å². The molecule has 19 heavy (non-hydrogen) atoms. The standard InChI is InChI=1S/C16H27N3/c1-16(2)11-14(16)15(17)10-12-8-9-19(18-12)13-6-4-3-5-7-13/h8-9,13-15H,3-7,10-11,17H2,1-2H3. The lowest BCUT2D eigenvalue weighted by molar-refractivity contribution is 0.327. The van der Waals surface area contributed by atoms with Gasteiger partial charge in [-0.1, -0.05) is 33.1 Å². The average molecular weight is 261 g/mol. The van der Waals surface area contributed by atoms with Gasteiger partial charge in [-0.25, -0.2) is 0 Å². The summed E-state index contributed by atoms with van der Waals surface area (Å²) < 4.78 is 2.19. The maximum absolute atomic E-state index is 6.33. The van der Waals surface area contributed by atoms with Gasteiger partial charge in [-0.3, -0.25) is 4.68 Å². The predicted octanol–water partition coefficient (Wildman–Crippen LogP) is 3.30. The first kappa shape index (κ1) is 13.2. The molecule has 2 unspecified atom stereocenters. The summed E-state index contributed by atoms with van der Waals surface area (Å²) in [5.74, 6) is 0.687. The van der Waals surface area contributed by atoms with Crippen molar-refractivity contribution in [2.45, 2.75) is 70.9 Å². The van der Waals surface area contributed by atoms with E-state index >= 15 is 0 Å². The quantitative estimate of drug-likeness (QED) is 0.903. The van der Waals surface area contributed by atoms with Gasteiger partial charge in [0.05, 0.1) is 11.7 Å². The van der Waals surface area contributed by atoms with Crippen LogP contribution in [0.25, 0.3) is 0 Å². The van der Waals surface area contributed by atoms with Crippen LogP contribution in [0.5, 0.6) is 0 Å². The molecule has 1 aromatic heterocycles. The van der Waals surface area contributed by atoms with Crippen molar-refractivity contribution in [1.82, 2.24) is 9.78 Å². The molecule has 2 N–H and O–H groups in total. The molecule has 2 saturated carbocycles. The Morgan fingerprint density at radius 3 is 2.68 bits per heavy atom. The van der Waals surface area contributed by atoms with E-state index in [9.17, 15) is 0 Å². The summed E-state index contributed by atoms with van der Waals surface area (Å²) in [6, 6.07) is 3.09. The Balaban J connectivity index is 1.58. The van der Waals surface area contributed by atoms with E-state index in [0.717, 1.165) is 6.42 Å². The molecule has 3 rings (SSSR count). The van der Waals surface area contributed by atoms with Crippen LogP contribution in [0.15, 0.2) is 12.3 Å². The normalized spacial score (nSPS) is 28.3. The van der Waals surface area contributed by atoms with Crippen molar-refractivity contribution < 1.29 is 0 Å². The molecular weight excluding hydrogens is 234 g/mol. The highest BCUT2D eigenvalue weighted by atomic mass is 15.3. The Morgan fingerprint density at radius 1 is 1.37 bits per heavy atom. The van der Waals surface area contributed by atoms with Crippen molar-refractivity contribution in [2.75, 3.05) is 0 Å². The van der Waals surface area contributed by atoms with Gasteiger partial charge in [-0.15, -0.1) is 0 Å². The molecular formula is C16H27N3. The minimum absolute atomic E-state index is 0.282. The maximum atomic E-state index is 6.33. The third kappa shape index (κ3) is 2.86. The van der Waals surface area contributed by atoms with E-state index in [1.54, 1.807) is 0 Å². The summed E-state index contributed by atoms with van der Waals surface area (Å²) in [6.07, 6.45) is 11.1. The summed E-state index contributed by atoms with van der Waals surface area (Å²) >= 11 is 0. The molecule has 1 heterocycles. The van der Waals surface area contributed by atoms with Crippen molar-refractivity contribution >= 4 is 0 Å². The summed E-state index contributed by atoms with van der Waals surface area (Å²) in [7, 11) is 0. The molecule has 2 aliphatic rings. The third-order valence-corrected chi connectivity index (χ3v) is 5.16. The molecule has 2 fully saturated rings. The number of rotatable bonds is 4. The van der Waals surface area contributed by atoms with E-state index in [0.29, 0.717) is 17.4 Å². The first-order valence-electron chi connectivity index (χ1n) is 7.86. The summed E-state index contributed by atoms with van der Waals surface area (Å²) in [5, 5.41) is 4.77. The van der Waals surface area contributed by atoms with Crippen LogP contribution >= 0.6 is 0 Å². The number of hydrogen-bond donors (Lipinski definition) is 1. The predicted molar refractivity (Wildman–Crippen MR) is 77.9 cm³/mol. The Hall–Kier alpha value is -0.830. The topological polar surface area (TPSA) is 43.8 Å². The fourth-order valence-electron chi connectivity index (χ4n) is 3.66. The van der Waals surface area contributed by atoms with E-state index in [4.69, 9.17) is 10.8 Å². The van der Waals surface area contributed by atoms with Crippen molar-refractivity contribution in [1.29, 1.82) is 0 Å². The Morgan fingerprint density at radius 2 is 2.05 bits per heavy atom. The zero-order valence-corrected chi connectivity index (χ0v) is 12.3. The Bertz CT molecular complexity index is 429. The van der Waals surface area contributed by atoms with E-state index < -0.39 is 0 Å². The molecule has 3 nitrogen and oxygen atoms in total. The molecule has 1 aromatic rings. The van der Waals surface area contributed by atoms with Crippen molar-refractivity contribution in [2.24, 2.45) is 17.1 Å². The van der Waals surface area contributed by atoms with E-state index in [-0.39, 0.29) is 6.04 Å². The Kier molecular flexibility index (Phi) is 3.42. The van der Waals surface area contributed by atoms with Gasteiger partial charge in [0.15, 0.2) is 0 Å². The lowest BCUT2D eigenvalue weighted by atomic mass is 9.96. The number of hydrogen-bond acceptors (Lipinski definition) is 2. The van der Waals surface area contributed by atoms with Crippen LogP contribution < -0.4 is 5.73 Å². The summed E-state index contributed by atoms with van der Waals surface area (Å²) in [4.78, 5) is 0. The fraction of sp³-hybridized carbons (Fsp3) is 0.812. The number of nitrogens with two attached hydrogens (primary N) is 1. The molecule has 0 aliphatic heterocycles. The molecule has 0 spiro atoms. The maximum Gasteiger partial charge on any atom is 0.0640 e. The molecule has 106 valence electrons. The van der Waals surface area contributed by atoms with Crippen molar-refractivity contribution in [3.8, 4) is 0 Å². The minimum Gasteiger partial charge on any atom is -0.327 e. The smallest absolute Gasteiger partial charge is 0.0640 e. The highest BCUT2D eigenvalue weighted by molar-refractivity contribution is 5.08. The monoisotopic (exact) mass is 261 g/mol. The van der Waals surface area contributed by atoms with Crippen molar-refractivity contribution in [3.05, 3.63) is 18.0 Å². The van der Waals surface area contributed by atoms with Crippen LogP contribution in [0.1, 0.15) is 64.1 Å². The van der Waals surface area contributed by atoms with Gasteiger partial charge in [-0.05, 0) is 36.7 Å². The van der Waals surface area contributed by atoms with E-state index in [1.165, 1.54) is 44.2 Å². The highest BCUT2D eigenvalue weighted by Crippen LogP contribution is 2.53. The zero-order chi connectivity index (χ0) is 13.5. The lowest BCUT2D eigenvalue weighted by Gasteiger charge is -2.21. The molecule has 3 heteroatoms. The third-order valence-electron chi connectivity index (χ3n) is 5.16. The van der Waals surface area contributed by atoms with Gasteiger partial charge in [0.25, 0.3) is 0 Å². The molecule has 2 atom stereocenters. The second-order valence-electron chi connectivity index (χ2n) is 7.25. The van der Waals surface area contributed by atoms with Crippen LogP contribution in [-0.4, -0.2) is 15.8 Å². The van der Waals surface area contributed by atoms with Crippen molar-refractivity contribution in [3.63, 3.8) is 0 Å². The van der Waals surface area contributed by atoms with Crippen LogP contribution in [0.3, 0.4) is 0 Å².